The maximum atomic E-state index is 6.44. The van der Waals surface area contributed by atoms with Gasteiger partial charge in [-0.3, -0.25) is 0 Å². The van der Waals surface area contributed by atoms with Crippen LogP contribution in [0.2, 0.25) is 0 Å². The lowest BCUT2D eigenvalue weighted by atomic mass is 9.43. The summed E-state index contributed by atoms with van der Waals surface area (Å²) in [5.74, 6) is 1.33. The van der Waals surface area contributed by atoms with Crippen molar-refractivity contribution in [1.29, 1.82) is 0 Å². The molecule has 3 nitrogen and oxygen atoms in total. The van der Waals surface area contributed by atoms with Crippen LogP contribution in [0.5, 0.6) is 0 Å². The Bertz CT molecular complexity index is 584. The largest absolute Gasteiger partial charge is 0.475 e. The van der Waals surface area contributed by atoms with Crippen molar-refractivity contribution in [3.63, 3.8) is 0 Å². The summed E-state index contributed by atoms with van der Waals surface area (Å²) in [4.78, 5) is 0. The van der Waals surface area contributed by atoms with Crippen molar-refractivity contribution in [3.05, 3.63) is 35.9 Å². The molecule has 1 saturated heterocycles. The van der Waals surface area contributed by atoms with E-state index in [4.69, 9.17) is 15.0 Å². The Labute approximate surface area is 152 Å². The highest BCUT2D eigenvalue weighted by molar-refractivity contribution is 6.47. The maximum absolute atomic E-state index is 6.44. The third-order valence-electron chi connectivity index (χ3n) is 6.93. The quantitative estimate of drug-likeness (QED) is 0.844. The second kappa shape index (κ2) is 6.32. The fourth-order valence-electron chi connectivity index (χ4n) is 5.20. The van der Waals surface area contributed by atoms with E-state index in [1.165, 1.54) is 12.0 Å². The van der Waals surface area contributed by atoms with Crippen molar-refractivity contribution in [2.45, 2.75) is 64.1 Å². The fourth-order valence-corrected chi connectivity index (χ4v) is 5.20. The molecule has 2 bridgehead atoms. The standard InChI is InChI=1S/C19H28BNO2.ClH/c1-18(2)14-11-15(18)19(3)16(12-14)22-20(23-19)17(21)10-9-13-7-5-4-6-8-13;/h4-8,14-17H,9-12,21H2,1-3H3;1H/t14?,15?,16?,17?,19-;/m0./s1. The molecule has 5 rings (SSSR count). The summed E-state index contributed by atoms with van der Waals surface area (Å²) < 4.78 is 12.7. The van der Waals surface area contributed by atoms with Crippen LogP contribution in [0.3, 0.4) is 0 Å². The van der Waals surface area contributed by atoms with E-state index in [1.807, 2.05) is 6.07 Å². The number of benzene rings is 1. The Morgan fingerprint density at radius 1 is 1.21 bits per heavy atom. The number of halogens is 1. The van der Waals surface area contributed by atoms with E-state index in [0.29, 0.717) is 11.3 Å². The van der Waals surface area contributed by atoms with Gasteiger partial charge in [-0.1, -0.05) is 44.2 Å². The minimum absolute atomic E-state index is 0. The molecule has 3 saturated carbocycles. The fraction of sp³-hybridized carbons (Fsp3) is 0.684. The number of hydrogen-bond acceptors (Lipinski definition) is 3. The number of nitrogens with two attached hydrogens (primary N) is 1. The molecule has 5 atom stereocenters. The normalized spacial score (nSPS) is 37.2. The topological polar surface area (TPSA) is 44.5 Å². The molecule has 1 aromatic carbocycles. The highest BCUT2D eigenvalue weighted by atomic mass is 35.5. The average molecular weight is 350 g/mol. The van der Waals surface area contributed by atoms with Crippen LogP contribution in [0.1, 0.15) is 45.6 Å². The second-order valence-electron chi connectivity index (χ2n) is 8.53. The van der Waals surface area contributed by atoms with Crippen molar-refractivity contribution in [1.82, 2.24) is 0 Å². The molecular weight excluding hydrogens is 320 g/mol. The molecule has 24 heavy (non-hydrogen) atoms. The number of rotatable bonds is 4. The first-order valence-electron chi connectivity index (χ1n) is 9.04. The molecular formula is C19H29BClNO2. The molecule has 4 fully saturated rings. The second-order valence-corrected chi connectivity index (χ2v) is 8.53. The third kappa shape index (κ3) is 2.72. The molecule has 0 amide bonds. The first kappa shape index (κ1) is 18.3. The maximum Gasteiger partial charge on any atom is 0.475 e. The summed E-state index contributed by atoms with van der Waals surface area (Å²) in [6, 6.07) is 10.5. The predicted molar refractivity (Wildman–Crippen MR) is 100 cm³/mol. The van der Waals surface area contributed by atoms with E-state index >= 15 is 0 Å². The van der Waals surface area contributed by atoms with Crippen molar-refractivity contribution in [2.24, 2.45) is 23.0 Å². The summed E-state index contributed by atoms with van der Waals surface area (Å²) in [6.07, 6.45) is 4.52. The molecule has 4 aliphatic rings. The highest BCUT2D eigenvalue weighted by Crippen LogP contribution is 2.65. The van der Waals surface area contributed by atoms with Crippen LogP contribution in [0.15, 0.2) is 30.3 Å². The average Bonchev–Trinajstić information content (AvgIpc) is 2.90. The van der Waals surface area contributed by atoms with Gasteiger partial charge in [0.2, 0.25) is 0 Å². The van der Waals surface area contributed by atoms with E-state index < -0.39 is 0 Å². The van der Waals surface area contributed by atoms with Gasteiger partial charge in [-0.05, 0) is 55.4 Å². The molecule has 5 heteroatoms. The van der Waals surface area contributed by atoms with Gasteiger partial charge in [-0.2, -0.15) is 0 Å². The summed E-state index contributed by atoms with van der Waals surface area (Å²) in [7, 11) is -0.246. The van der Waals surface area contributed by atoms with Gasteiger partial charge < -0.3 is 15.0 Å². The van der Waals surface area contributed by atoms with Gasteiger partial charge in [0.1, 0.15) is 0 Å². The molecule has 132 valence electrons. The van der Waals surface area contributed by atoms with E-state index in [0.717, 1.165) is 25.2 Å². The van der Waals surface area contributed by atoms with E-state index in [9.17, 15) is 0 Å². The van der Waals surface area contributed by atoms with Crippen LogP contribution in [0, 0.1) is 17.3 Å². The zero-order valence-corrected chi connectivity index (χ0v) is 15.7. The molecule has 1 aromatic rings. The summed E-state index contributed by atoms with van der Waals surface area (Å²) in [5.41, 5.74) is 7.98. The first-order chi connectivity index (χ1) is 10.9. The monoisotopic (exact) mass is 349 g/mol. The zero-order valence-electron chi connectivity index (χ0n) is 14.9. The highest BCUT2D eigenvalue weighted by Gasteiger charge is 2.68. The lowest BCUT2D eigenvalue weighted by Gasteiger charge is -2.64. The predicted octanol–water partition coefficient (Wildman–Crippen LogP) is 3.64. The Balaban J connectivity index is 0.00000169. The lowest BCUT2D eigenvalue weighted by molar-refractivity contribution is -0.199. The Morgan fingerprint density at radius 3 is 2.58 bits per heavy atom. The van der Waals surface area contributed by atoms with Gasteiger partial charge in [0.15, 0.2) is 0 Å². The minimum Gasteiger partial charge on any atom is -0.404 e. The van der Waals surface area contributed by atoms with Crippen molar-refractivity contribution in [2.75, 3.05) is 0 Å². The molecule has 0 radical (unpaired) electrons. The van der Waals surface area contributed by atoms with Crippen LogP contribution < -0.4 is 5.73 Å². The minimum atomic E-state index is -0.246. The number of aryl methyl sites for hydroxylation is 1. The van der Waals surface area contributed by atoms with Gasteiger partial charge in [-0.15, -0.1) is 12.4 Å². The van der Waals surface area contributed by atoms with Crippen LogP contribution in [-0.2, 0) is 15.7 Å². The summed E-state index contributed by atoms with van der Waals surface area (Å²) in [6.45, 7) is 7.03. The molecule has 0 aromatic heterocycles. The van der Waals surface area contributed by atoms with Crippen LogP contribution in [0.4, 0.5) is 0 Å². The smallest absolute Gasteiger partial charge is 0.404 e. The molecule has 1 heterocycles. The van der Waals surface area contributed by atoms with Crippen molar-refractivity contribution in [3.8, 4) is 0 Å². The SMILES string of the molecule is CC1(C)C2CC3OB(C(N)CCc4ccccc4)O[C@@]3(C)C1C2.Cl. The van der Waals surface area contributed by atoms with Gasteiger partial charge in [0.25, 0.3) is 0 Å². The molecule has 3 aliphatic carbocycles. The molecule has 0 spiro atoms. The van der Waals surface area contributed by atoms with Crippen LogP contribution in [-0.4, -0.2) is 24.8 Å². The molecule has 1 aliphatic heterocycles. The van der Waals surface area contributed by atoms with Gasteiger partial charge in [0, 0.05) is 5.94 Å². The molecule has 2 N–H and O–H groups in total. The number of hydrogen-bond donors (Lipinski definition) is 1. The van der Waals surface area contributed by atoms with Crippen molar-refractivity contribution < 1.29 is 9.31 Å². The van der Waals surface area contributed by atoms with E-state index in [2.05, 4.69) is 45.0 Å². The van der Waals surface area contributed by atoms with Crippen LogP contribution in [0.25, 0.3) is 0 Å². The lowest BCUT2D eigenvalue weighted by Crippen LogP contribution is -2.65. The van der Waals surface area contributed by atoms with Gasteiger partial charge in [0.05, 0.1) is 11.7 Å². The van der Waals surface area contributed by atoms with Crippen molar-refractivity contribution >= 4 is 19.5 Å². The first-order valence-corrected chi connectivity index (χ1v) is 9.04. The third-order valence-corrected chi connectivity index (χ3v) is 6.93. The zero-order chi connectivity index (χ0) is 16.2. The Hall–Kier alpha value is -0.545. The van der Waals surface area contributed by atoms with E-state index in [-0.39, 0.29) is 37.2 Å². The summed E-state index contributed by atoms with van der Waals surface area (Å²) in [5, 5.41) is 0. The molecule has 4 unspecified atom stereocenters. The van der Waals surface area contributed by atoms with Gasteiger partial charge in [-0.25, -0.2) is 0 Å². The Kier molecular flexibility index (Phi) is 4.80. The Morgan fingerprint density at radius 2 is 1.92 bits per heavy atom. The van der Waals surface area contributed by atoms with Gasteiger partial charge >= 0.3 is 7.12 Å². The van der Waals surface area contributed by atoms with Crippen LogP contribution >= 0.6 is 12.4 Å². The summed E-state index contributed by atoms with van der Waals surface area (Å²) >= 11 is 0. The van der Waals surface area contributed by atoms with E-state index in [1.54, 1.807) is 0 Å².